The third-order valence-electron chi connectivity index (χ3n) is 6.49. The van der Waals surface area contributed by atoms with Gasteiger partial charge in [0.25, 0.3) is 0 Å². The lowest BCUT2D eigenvalue weighted by atomic mass is 10.00. The van der Waals surface area contributed by atoms with Gasteiger partial charge in [0.1, 0.15) is 12.4 Å². The zero-order valence-corrected chi connectivity index (χ0v) is 20.6. The molecule has 0 N–H and O–H groups in total. The Morgan fingerprint density at radius 3 is 2.82 bits per heavy atom. The lowest BCUT2D eigenvalue weighted by Gasteiger charge is -2.37. The topological polar surface area (TPSA) is 59.1 Å². The number of aryl methyl sites for hydroxylation is 1. The number of nitrogens with zero attached hydrogens (tertiary/aromatic N) is 2. The molecule has 0 spiro atoms. The lowest BCUT2D eigenvalue weighted by Crippen LogP contribution is -2.50. The largest absolute Gasteiger partial charge is 0.491 e. The fraction of sp³-hybridized carbons (Fsp3) is 0.538. The Balaban J connectivity index is 1.50. The molecule has 0 saturated carbocycles. The molecule has 2 atom stereocenters. The zero-order chi connectivity index (χ0) is 23.4. The maximum Gasteiger partial charge on any atom is 0.242 e. The van der Waals surface area contributed by atoms with Gasteiger partial charge in [0.05, 0.1) is 18.7 Å². The number of hydrogen-bond acceptors (Lipinski definition) is 5. The number of fused-ring (bicyclic) bond motifs is 1. The smallest absolute Gasteiger partial charge is 0.242 e. The first-order valence-electron chi connectivity index (χ1n) is 11.9. The number of ether oxygens (including phenoxy) is 2. The van der Waals surface area contributed by atoms with Gasteiger partial charge in [-0.15, -0.1) is 11.3 Å². The molecule has 2 unspecified atom stereocenters. The molecule has 6 nitrogen and oxygen atoms in total. The maximum absolute atomic E-state index is 13.6. The number of benzene rings is 1. The van der Waals surface area contributed by atoms with Crippen LogP contribution in [-0.2, 0) is 20.7 Å². The highest BCUT2D eigenvalue weighted by molar-refractivity contribution is 7.10. The molecule has 1 aromatic carbocycles. The summed E-state index contributed by atoms with van der Waals surface area (Å²) in [6.07, 6.45) is 2.80. The van der Waals surface area contributed by atoms with Gasteiger partial charge in [0, 0.05) is 30.5 Å². The minimum Gasteiger partial charge on any atom is -0.491 e. The van der Waals surface area contributed by atoms with Crippen LogP contribution in [-0.4, -0.2) is 60.6 Å². The van der Waals surface area contributed by atoms with Gasteiger partial charge >= 0.3 is 0 Å². The predicted molar refractivity (Wildman–Crippen MR) is 130 cm³/mol. The molecule has 2 amide bonds. The average Bonchev–Trinajstić information content (AvgIpc) is 3.49. The first-order valence-corrected chi connectivity index (χ1v) is 12.8. The standard InChI is InChI=1S/C26H34N2O4S/c1-18(2)26(30)27(15-20-8-6-13-31-20)16-25(29)28-12-10-24-21(11-14-33-24)22(28)17-32-23-9-5-4-7-19(23)3/h4-5,7,9,11,14,18,20,22H,6,8,10,12-13,15-17H2,1-3H3. The molecule has 1 saturated heterocycles. The summed E-state index contributed by atoms with van der Waals surface area (Å²) in [5, 5.41) is 2.09. The summed E-state index contributed by atoms with van der Waals surface area (Å²) in [6.45, 7) is 8.10. The van der Waals surface area contributed by atoms with Crippen molar-refractivity contribution in [2.45, 2.75) is 52.2 Å². The number of rotatable bonds is 8. The molecule has 0 bridgehead atoms. The molecular formula is C26H34N2O4S. The van der Waals surface area contributed by atoms with Crippen molar-refractivity contribution in [1.82, 2.24) is 9.80 Å². The molecule has 1 fully saturated rings. The van der Waals surface area contributed by atoms with Crippen LogP contribution < -0.4 is 4.74 Å². The lowest BCUT2D eigenvalue weighted by molar-refractivity contribution is -0.145. The second kappa shape index (κ2) is 10.7. The van der Waals surface area contributed by atoms with Gasteiger partial charge in [-0.3, -0.25) is 9.59 Å². The van der Waals surface area contributed by atoms with E-state index in [9.17, 15) is 9.59 Å². The van der Waals surface area contributed by atoms with E-state index >= 15 is 0 Å². The van der Waals surface area contributed by atoms with Crippen molar-refractivity contribution in [2.24, 2.45) is 5.92 Å². The number of hydrogen-bond donors (Lipinski definition) is 0. The highest BCUT2D eigenvalue weighted by Crippen LogP contribution is 2.34. The Kier molecular flexibility index (Phi) is 7.71. The number of carbonyl (C=O) groups excluding carboxylic acids is 2. The minimum absolute atomic E-state index is 0.000192. The predicted octanol–water partition coefficient (Wildman–Crippen LogP) is 4.22. The summed E-state index contributed by atoms with van der Waals surface area (Å²) in [4.78, 5) is 31.4. The van der Waals surface area contributed by atoms with E-state index < -0.39 is 0 Å². The van der Waals surface area contributed by atoms with E-state index in [4.69, 9.17) is 9.47 Å². The molecule has 3 heterocycles. The molecule has 178 valence electrons. The summed E-state index contributed by atoms with van der Waals surface area (Å²) in [7, 11) is 0. The van der Waals surface area contributed by atoms with Crippen LogP contribution in [0.25, 0.3) is 0 Å². The van der Waals surface area contributed by atoms with Crippen molar-refractivity contribution in [2.75, 3.05) is 32.8 Å². The van der Waals surface area contributed by atoms with Gasteiger partial charge in [-0.25, -0.2) is 0 Å². The van der Waals surface area contributed by atoms with Crippen LogP contribution in [0.4, 0.5) is 0 Å². The van der Waals surface area contributed by atoms with Gasteiger partial charge in [-0.2, -0.15) is 0 Å². The van der Waals surface area contributed by atoms with E-state index in [0.717, 1.165) is 42.7 Å². The highest BCUT2D eigenvalue weighted by Gasteiger charge is 2.34. The fourth-order valence-corrected chi connectivity index (χ4v) is 5.58. The normalized spacial score (nSPS) is 20.1. The van der Waals surface area contributed by atoms with Crippen LogP contribution in [0.2, 0.25) is 0 Å². The van der Waals surface area contributed by atoms with E-state index in [1.165, 1.54) is 4.88 Å². The monoisotopic (exact) mass is 470 g/mol. The molecule has 33 heavy (non-hydrogen) atoms. The van der Waals surface area contributed by atoms with Crippen LogP contribution in [0.5, 0.6) is 5.75 Å². The number of thiophene rings is 1. The summed E-state index contributed by atoms with van der Waals surface area (Å²) in [6, 6.07) is 9.88. The quantitative estimate of drug-likeness (QED) is 0.580. The SMILES string of the molecule is Cc1ccccc1OCC1c2ccsc2CCN1C(=O)CN(CC1CCCO1)C(=O)C(C)C. The summed E-state index contributed by atoms with van der Waals surface area (Å²) < 4.78 is 12.0. The highest BCUT2D eigenvalue weighted by atomic mass is 32.1. The van der Waals surface area contributed by atoms with Crippen LogP contribution in [0.1, 0.15) is 48.7 Å². The summed E-state index contributed by atoms with van der Waals surface area (Å²) >= 11 is 1.74. The molecule has 2 aromatic rings. The van der Waals surface area contributed by atoms with Crippen LogP contribution in [0.3, 0.4) is 0 Å². The fourth-order valence-electron chi connectivity index (χ4n) is 4.65. The van der Waals surface area contributed by atoms with Crippen molar-refractivity contribution in [3.8, 4) is 5.75 Å². The zero-order valence-electron chi connectivity index (χ0n) is 19.8. The summed E-state index contributed by atoms with van der Waals surface area (Å²) in [5.74, 6) is 0.642. The van der Waals surface area contributed by atoms with Crippen molar-refractivity contribution in [3.05, 3.63) is 51.7 Å². The molecule has 2 aliphatic rings. The number of amides is 2. The van der Waals surface area contributed by atoms with E-state index in [1.807, 2.05) is 49.9 Å². The van der Waals surface area contributed by atoms with E-state index in [-0.39, 0.29) is 36.4 Å². The maximum atomic E-state index is 13.6. The Labute approximate surface area is 200 Å². The van der Waals surface area contributed by atoms with Gasteiger partial charge in [0.15, 0.2) is 0 Å². The molecule has 4 rings (SSSR count). The average molecular weight is 471 g/mol. The number of para-hydroxylation sites is 1. The van der Waals surface area contributed by atoms with Crippen molar-refractivity contribution < 1.29 is 19.1 Å². The second-order valence-electron chi connectivity index (χ2n) is 9.24. The van der Waals surface area contributed by atoms with E-state index in [1.54, 1.807) is 16.2 Å². The van der Waals surface area contributed by atoms with Gasteiger partial charge in [-0.05, 0) is 54.8 Å². The van der Waals surface area contributed by atoms with Crippen molar-refractivity contribution >= 4 is 23.2 Å². The van der Waals surface area contributed by atoms with Crippen LogP contribution in [0, 0.1) is 12.8 Å². The second-order valence-corrected chi connectivity index (χ2v) is 10.2. The van der Waals surface area contributed by atoms with Crippen molar-refractivity contribution in [3.63, 3.8) is 0 Å². The van der Waals surface area contributed by atoms with Crippen molar-refractivity contribution in [1.29, 1.82) is 0 Å². The third-order valence-corrected chi connectivity index (χ3v) is 7.48. The Morgan fingerprint density at radius 2 is 2.09 bits per heavy atom. The third kappa shape index (κ3) is 5.58. The molecule has 0 aliphatic carbocycles. The molecular weight excluding hydrogens is 436 g/mol. The Hall–Kier alpha value is -2.38. The Morgan fingerprint density at radius 1 is 1.27 bits per heavy atom. The molecule has 7 heteroatoms. The van der Waals surface area contributed by atoms with Gasteiger partial charge in [0.2, 0.25) is 11.8 Å². The first-order chi connectivity index (χ1) is 15.9. The summed E-state index contributed by atoms with van der Waals surface area (Å²) in [5.41, 5.74) is 2.23. The van der Waals surface area contributed by atoms with Gasteiger partial charge in [-0.1, -0.05) is 32.0 Å². The molecule has 1 aromatic heterocycles. The van der Waals surface area contributed by atoms with Crippen LogP contribution >= 0.6 is 11.3 Å². The van der Waals surface area contributed by atoms with E-state index in [2.05, 4.69) is 11.4 Å². The molecule has 0 radical (unpaired) electrons. The van der Waals surface area contributed by atoms with E-state index in [0.29, 0.717) is 19.7 Å². The minimum atomic E-state index is -0.163. The number of carbonyl (C=O) groups is 2. The Bertz CT molecular complexity index is 967. The van der Waals surface area contributed by atoms with Gasteiger partial charge < -0.3 is 19.3 Å². The first kappa shape index (κ1) is 23.8. The molecule has 2 aliphatic heterocycles. The van der Waals surface area contributed by atoms with Crippen LogP contribution in [0.15, 0.2) is 35.7 Å².